The molecule has 1 aliphatic heterocycles. The van der Waals surface area contributed by atoms with Crippen LogP contribution in [0.2, 0.25) is 0 Å². The molecule has 0 saturated carbocycles. The summed E-state index contributed by atoms with van der Waals surface area (Å²) in [5, 5.41) is 0. The lowest BCUT2D eigenvalue weighted by Crippen LogP contribution is -2.19. The minimum Gasteiger partial charge on any atom is -0.492 e. The highest BCUT2D eigenvalue weighted by Crippen LogP contribution is 2.45. The van der Waals surface area contributed by atoms with Crippen LogP contribution >= 0.6 is 0 Å². The molecular weight excluding hydrogens is 286 g/mol. The van der Waals surface area contributed by atoms with Crippen LogP contribution in [0.3, 0.4) is 0 Å². The van der Waals surface area contributed by atoms with Crippen LogP contribution in [-0.4, -0.2) is 17.0 Å². The van der Waals surface area contributed by atoms with Gasteiger partial charge in [0.1, 0.15) is 5.75 Å². The largest absolute Gasteiger partial charge is 0.492 e. The van der Waals surface area contributed by atoms with Gasteiger partial charge in [-0.25, -0.2) is 0 Å². The molecule has 0 radical (unpaired) electrons. The fourth-order valence-corrected chi connectivity index (χ4v) is 3.15. The second-order valence-electron chi connectivity index (χ2n) is 8.16. The molecule has 2 aromatic rings. The number of hydrogen-bond acceptors (Lipinski definition) is 2. The first-order valence-electron chi connectivity index (χ1n) is 8.09. The van der Waals surface area contributed by atoms with E-state index in [1.54, 1.807) is 0 Å². The Bertz CT molecular complexity index is 775. The number of aromatic nitrogens is 1. The second kappa shape index (κ2) is 4.98. The summed E-state index contributed by atoms with van der Waals surface area (Å²) in [5.74, 6) is 1.03. The number of ether oxygens (including phenoxy) is 1. The standard InChI is InChI=1S/C20H25NO2/c1-19(2,3)14-10-13(17(22)16-8-7-9-21(16)6)11-15-18(14)23-12-20(15,4)5/h7-11H,12H2,1-6H3. The summed E-state index contributed by atoms with van der Waals surface area (Å²) < 4.78 is 7.87. The van der Waals surface area contributed by atoms with Crippen LogP contribution in [0.15, 0.2) is 30.5 Å². The van der Waals surface area contributed by atoms with E-state index >= 15 is 0 Å². The Hall–Kier alpha value is -2.03. The van der Waals surface area contributed by atoms with Gasteiger partial charge in [0, 0.05) is 35.3 Å². The number of carbonyl (C=O) groups is 1. The van der Waals surface area contributed by atoms with Crippen molar-refractivity contribution in [2.24, 2.45) is 7.05 Å². The van der Waals surface area contributed by atoms with Crippen molar-refractivity contribution in [1.29, 1.82) is 0 Å². The zero-order chi connectivity index (χ0) is 17.0. The third kappa shape index (κ3) is 2.58. The van der Waals surface area contributed by atoms with E-state index in [1.807, 2.05) is 42.1 Å². The highest BCUT2D eigenvalue weighted by atomic mass is 16.5. The van der Waals surface area contributed by atoms with E-state index in [9.17, 15) is 4.79 Å². The molecule has 122 valence electrons. The predicted molar refractivity (Wildman–Crippen MR) is 92.5 cm³/mol. The number of aryl methyl sites for hydroxylation is 1. The predicted octanol–water partition coefficient (Wildman–Crippen LogP) is 4.22. The quantitative estimate of drug-likeness (QED) is 0.777. The van der Waals surface area contributed by atoms with Gasteiger partial charge in [0.2, 0.25) is 5.78 Å². The maximum atomic E-state index is 13.0. The van der Waals surface area contributed by atoms with Crippen molar-refractivity contribution in [2.45, 2.75) is 45.4 Å². The van der Waals surface area contributed by atoms with Crippen molar-refractivity contribution >= 4 is 5.78 Å². The average Bonchev–Trinajstić information content (AvgIpc) is 3.00. The van der Waals surface area contributed by atoms with Gasteiger partial charge in [0.25, 0.3) is 0 Å². The van der Waals surface area contributed by atoms with Crippen molar-refractivity contribution < 1.29 is 9.53 Å². The van der Waals surface area contributed by atoms with Crippen molar-refractivity contribution in [1.82, 2.24) is 4.57 Å². The van der Waals surface area contributed by atoms with Crippen LogP contribution in [0, 0.1) is 0 Å². The van der Waals surface area contributed by atoms with Gasteiger partial charge in [-0.2, -0.15) is 0 Å². The smallest absolute Gasteiger partial charge is 0.209 e. The third-order valence-electron chi connectivity index (χ3n) is 4.64. The van der Waals surface area contributed by atoms with E-state index in [0.29, 0.717) is 12.3 Å². The van der Waals surface area contributed by atoms with E-state index in [0.717, 1.165) is 22.4 Å². The van der Waals surface area contributed by atoms with Gasteiger partial charge in [-0.1, -0.05) is 34.6 Å². The number of rotatable bonds is 2. The molecule has 3 rings (SSSR count). The van der Waals surface area contributed by atoms with Gasteiger partial charge < -0.3 is 9.30 Å². The van der Waals surface area contributed by atoms with Crippen LogP contribution in [0.25, 0.3) is 0 Å². The molecule has 0 spiro atoms. The van der Waals surface area contributed by atoms with E-state index in [1.165, 1.54) is 0 Å². The Kier molecular flexibility index (Phi) is 3.44. The molecule has 3 nitrogen and oxygen atoms in total. The summed E-state index contributed by atoms with van der Waals surface area (Å²) in [6.07, 6.45) is 1.90. The summed E-state index contributed by atoms with van der Waals surface area (Å²) in [4.78, 5) is 13.0. The van der Waals surface area contributed by atoms with E-state index in [2.05, 4.69) is 34.6 Å². The normalized spacial score (nSPS) is 16.1. The zero-order valence-electron chi connectivity index (χ0n) is 14.9. The summed E-state index contributed by atoms with van der Waals surface area (Å²) in [6.45, 7) is 11.5. The fraction of sp³-hybridized carbons (Fsp3) is 0.450. The highest BCUT2D eigenvalue weighted by molar-refractivity contribution is 6.08. The monoisotopic (exact) mass is 311 g/mol. The minimum absolute atomic E-state index is 0.0634. The number of benzene rings is 1. The fourth-order valence-electron chi connectivity index (χ4n) is 3.15. The summed E-state index contributed by atoms with van der Waals surface area (Å²) in [7, 11) is 1.90. The van der Waals surface area contributed by atoms with Crippen molar-refractivity contribution in [3.8, 4) is 5.75 Å². The number of ketones is 1. The lowest BCUT2D eigenvalue weighted by molar-refractivity contribution is 0.103. The van der Waals surface area contributed by atoms with Gasteiger partial charge in [-0.3, -0.25) is 4.79 Å². The molecule has 3 heteroatoms. The first kappa shape index (κ1) is 15.9. The Balaban J connectivity index is 2.20. The number of fused-ring (bicyclic) bond motifs is 1. The van der Waals surface area contributed by atoms with Gasteiger partial charge in [0.15, 0.2) is 0 Å². The van der Waals surface area contributed by atoms with Crippen molar-refractivity contribution in [3.63, 3.8) is 0 Å². The molecule has 0 amide bonds. The lowest BCUT2D eigenvalue weighted by Gasteiger charge is -2.24. The highest BCUT2D eigenvalue weighted by Gasteiger charge is 2.37. The molecular formula is C20H25NO2. The van der Waals surface area contributed by atoms with Crippen LogP contribution in [0.4, 0.5) is 0 Å². The first-order valence-corrected chi connectivity index (χ1v) is 8.09. The lowest BCUT2D eigenvalue weighted by atomic mass is 9.79. The molecule has 0 unspecified atom stereocenters. The van der Waals surface area contributed by atoms with E-state index in [-0.39, 0.29) is 16.6 Å². The Morgan fingerprint density at radius 1 is 1.26 bits per heavy atom. The molecule has 1 aliphatic rings. The second-order valence-corrected chi connectivity index (χ2v) is 8.16. The molecule has 0 atom stereocenters. The van der Waals surface area contributed by atoms with Crippen molar-refractivity contribution in [3.05, 3.63) is 52.8 Å². The number of nitrogens with zero attached hydrogens (tertiary/aromatic N) is 1. The third-order valence-corrected chi connectivity index (χ3v) is 4.64. The Labute approximate surface area is 138 Å². The topological polar surface area (TPSA) is 31.2 Å². The maximum Gasteiger partial charge on any atom is 0.209 e. The van der Waals surface area contributed by atoms with E-state index in [4.69, 9.17) is 4.74 Å². The minimum atomic E-state index is -0.0744. The van der Waals surface area contributed by atoms with Crippen LogP contribution in [0.1, 0.15) is 61.8 Å². The molecule has 0 saturated heterocycles. The van der Waals surface area contributed by atoms with E-state index < -0.39 is 0 Å². The van der Waals surface area contributed by atoms with Gasteiger partial charge in [-0.15, -0.1) is 0 Å². The molecule has 2 heterocycles. The van der Waals surface area contributed by atoms with Crippen LogP contribution in [0.5, 0.6) is 5.75 Å². The molecule has 0 aliphatic carbocycles. The van der Waals surface area contributed by atoms with Crippen LogP contribution in [-0.2, 0) is 17.9 Å². The van der Waals surface area contributed by atoms with Crippen molar-refractivity contribution in [2.75, 3.05) is 6.61 Å². The molecule has 0 bridgehead atoms. The molecule has 23 heavy (non-hydrogen) atoms. The van der Waals surface area contributed by atoms with Gasteiger partial charge in [0.05, 0.1) is 12.3 Å². The zero-order valence-corrected chi connectivity index (χ0v) is 14.9. The Morgan fingerprint density at radius 2 is 1.96 bits per heavy atom. The maximum absolute atomic E-state index is 13.0. The first-order chi connectivity index (χ1) is 10.6. The summed E-state index contributed by atoms with van der Waals surface area (Å²) in [5.41, 5.74) is 3.56. The Morgan fingerprint density at radius 3 is 2.52 bits per heavy atom. The van der Waals surface area contributed by atoms with Gasteiger partial charge >= 0.3 is 0 Å². The SMILES string of the molecule is Cn1cccc1C(=O)c1cc(C(C)(C)C)c2c(c1)C(C)(C)CO2. The average molecular weight is 311 g/mol. The molecule has 1 aromatic carbocycles. The molecule has 0 N–H and O–H groups in total. The summed E-state index contributed by atoms with van der Waals surface area (Å²) >= 11 is 0. The molecule has 0 fully saturated rings. The van der Waals surface area contributed by atoms with Crippen LogP contribution < -0.4 is 4.74 Å². The number of hydrogen-bond donors (Lipinski definition) is 0. The summed E-state index contributed by atoms with van der Waals surface area (Å²) in [6, 6.07) is 7.80. The van der Waals surface area contributed by atoms with Gasteiger partial charge in [-0.05, 0) is 29.7 Å². The molecule has 1 aromatic heterocycles. The number of carbonyl (C=O) groups excluding carboxylic acids is 1.